The molecule has 5 nitrogen and oxygen atoms in total. The lowest BCUT2D eigenvalue weighted by molar-refractivity contribution is -0.115. The van der Waals surface area contributed by atoms with Gasteiger partial charge in [0.25, 0.3) is 5.91 Å². The maximum absolute atomic E-state index is 11.7. The number of aromatic nitrogens is 1. The molecule has 0 unspecified atom stereocenters. The molecule has 0 spiro atoms. The van der Waals surface area contributed by atoms with Crippen molar-refractivity contribution in [2.24, 2.45) is 4.99 Å². The average molecular weight is 239 g/mol. The van der Waals surface area contributed by atoms with Crippen LogP contribution in [0.25, 0.3) is 6.08 Å². The molecule has 1 aliphatic heterocycles. The quantitative estimate of drug-likeness (QED) is 0.809. The second kappa shape index (κ2) is 4.29. The van der Waals surface area contributed by atoms with Gasteiger partial charge in [0, 0.05) is 24.0 Å². The molecule has 0 bridgehead atoms. The van der Waals surface area contributed by atoms with E-state index in [-0.39, 0.29) is 5.91 Å². The summed E-state index contributed by atoms with van der Waals surface area (Å²) in [7, 11) is 0. The molecule has 3 heterocycles. The second-order valence-corrected chi connectivity index (χ2v) is 3.70. The number of nitrogens with zero attached hydrogens (tertiary/aromatic N) is 2. The number of furan rings is 1. The topological polar surface area (TPSA) is 67.5 Å². The summed E-state index contributed by atoms with van der Waals surface area (Å²) in [5, 5.41) is 2.69. The molecule has 1 amide bonds. The predicted molar refractivity (Wildman–Crippen MR) is 65.6 cm³/mol. The van der Waals surface area contributed by atoms with Crippen molar-refractivity contribution in [1.29, 1.82) is 0 Å². The van der Waals surface area contributed by atoms with E-state index in [9.17, 15) is 4.79 Å². The lowest BCUT2D eigenvalue weighted by Crippen LogP contribution is -2.24. The second-order valence-electron chi connectivity index (χ2n) is 3.70. The summed E-state index contributed by atoms with van der Waals surface area (Å²) in [4.78, 5) is 19.9. The number of carbonyl (C=O) groups is 1. The molecule has 3 rings (SSSR count). The third-order valence-electron chi connectivity index (χ3n) is 2.45. The van der Waals surface area contributed by atoms with Gasteiger partial charge in [-0.2, -0.15) is 0 Å². The normalized spacial score (nSPS) is 16.8. The van der Waals surface area contributed by atoms with Crippen LogP contribution in [0.5, 0.6) is 0 Å². The Morgan fingerprint density at radius 3 is 2.94 bits per heavy atom. The molecule has 5 heteroatoms. The Bertz CT molecular complexity index is 628. The van der Waals surface area contributed by atoms with E-state index in [1.54, 1.807) is 42.9 Å². The third-order valence-corrected chi connectivity index (χ3v) is 2.45. The number of nitrogens with one attached hydrogen (secondary N) is 1. The summed E-state index contributed by atoms with van der Waals surface area (Å²) >= 11 is 0. The fourth-order valence-electron chi connectivity index (χ4n) is 1.62. The van der Waals surface area contributed by atoms with E-state index in [0.717, 1.165) is 5.56 Å². The molecular weight excluding hydrogens is 230 g/mol. The van der Waals surface area contributed by atoms with E-state index in [2.05, 4.69) is 15.3 Å². The number of pyridine rings is 1. The zero-order valence-corrected chi connectivity index (χ0v) is 9.33. The van der Waals surface area contributed by atoms with Crippen molar-refractivity contribution in [3.8, 4) is 0 Å². The Hall–Kier alpha value is -2.69. The van der Waals surface area contributed by atoms with Crippen LogP contribution < -0.4 is 5.32 Å². The largest absolute Gasteiger partial charge is 0.465 e. The lowest BCUT2D eigenvalue weighted by Gasteiger charge is -1.97. The molecule has 2 aromatic heterocycles. The highest BCUT2D eigenvalue weighted by molar-refractivity contribution is 6.19. The van der Waals surface area contributed by atoms with Gasteiger partial charge in [0.1, 0.15) is 17.3 Å². The van der Waals surface area contributed by atoms with Gasteiger partial charge in [0.15, 0.2) is 0 Å². The van der Waals surface area contributed by atoms with Crippen LogP contribution >= 0.6 is 0 Å². The van der Waals surface area contributed by atoms with Crippen molar-refractivity contribution in [2.75, 3.05) is 0 Å². The third kappa shape index (κ3) is 1.93. The minimum atomic E-state index is -0.245. The van der Waals surface area contributed by atoms with E-state index < -0.39 is 0 Å². The number of amidine groups is 1. The zero-order chi connectivity index (χ0) is 12.4. The standard InChI is InChI=1S/C13H9N3O2/c17-13-11(7-10-4-2-6-18-10)15-12(16-13)9-3-1-5-14-8-9/h1-8H,(H,15,16,17)/b11-7+. The summed E-state index contributed by atoms with van der Waals surface area (Å²) in [6, 6.07) is 7.14. The highest BCUT2D eigenvalue weighted by atomic mass is 16.3. The highest BCUT2D eigenvalue weighted by Gasteiger charge is 2.21. The molecule has 88 valence electrons. The maximum atomic E-state index is 11.7. The molecule has 0 radical (unpaired) electrons. The van der Waals surface area contributed by atoms with Gasteiger partial charge in [-0.15, -0.1) is 0 Å². The molecule has 0 atom stereocenters. The van der Waals surface area contributed by atoms with E-state index >= 15 is 0 Å². The Balaban J connectivity index is 1.95. The van der Waals surface area contributed by atoms with Gasteiger partial charge in [0.2, 0.25) is 0 Å². The molecule has 1 N–H and O–H groups in total. The number of carbonyl (C=O) groups excluding carboxylic acids is 1. The van der Waals surface area contributed by atoms with Crippen LogP contribution in [0, 0.1) is 0 Å². The smallest absolute Gasteiger partial charge is 0.275 e. The molecule has 0 saturated heterocycles. The molecule has 1 aliphatic rings. The van der Waals surface area contributed by atoms with Gasteiger partial charge in [-0.1, -0.05) is 0 Å². The van der Waals surface area contributed by atoms with Gasteiger partial charge in [-0.05, 0) is 24.3 Å². The molecule has 0 aliphatic carbocycles. The monoisotopic (exact) mass is 239 g/mol. The van der Waals surface area contributed by atoms with Gasteiger partial charge in [0.05, 0.1) is 6.26 Å². The molecule has 18 heavy (non-hydrogen) atoms. The molecule has 2 aromatic rings. The van der Waals surface area contributed by atoms with Crippen LogP contribution in [0.2, 0.25) is 0 Å². The first kappa shape index (κ1) is 10.5. The predicted octanol–water partition coefficient (Wildman–Crippen LogP) is 1.59. The Morgan fingerprint density at radius 2 is 2.22 bits per heavy atom. The Morgan fingerprint density at radius 1 is 1.28 bits per heavy atom. The fourth-order valence-corrected chi connectivity index (χ4v) is 1.62. The van der Waals surface area contributed by atoms with Crippen LogP contribution in [-0.4, -0.2) is 16.7 Å². The minimum Gasteiger partial charge on any atom is -0.465 e. The average Bonchev–Trinajstić information content (AvgIpc) is 3.02. The summed E-state index contributed by atoms with van der Waals surface area (Å²) in [5.74, 6) is 0.854. The van der Waals surface area contributed by atoms with Crippen LogP contribution in [-0.2, 0) is 4.79 Å². The number of amides is 1. The number of hydrogen-bond donors (Lipinski definition) is 1. The van der Waals surface area contributed by atoms with Crippen LogP contribution in [0.1, 0.15) is 11.3 Å². The number of rotatable bonds is 2. The first-order valence-corrected chi connectivity index (χ1v) is 5.38. The summed E-state index contributed by atoms with van der Waals surface area (Å²) in [6.07, 6.45) is 6.46. The first-order valence-electron chi connectivity index (χ1n) is 5.38. The van der Waals surface area contributed by atoms with Gasteiger partial charge >= 0.3 is 0 Å². The van der Waals surface area contributed by atoms with E-state index in [4.69, 9.17) is 4.42 Å². The van der Waals surface area contributed by atoms with E-state index in [0.29, 0.717) is 17.3 Å². The van der Waals surface area contributed by atoms with E-state index in [1.807, 2.05) is 6.07 Å². The van der Waals surface area contributed by atoms with Crippen molar-refractivity contribution >= 4 is 17.8 Å². The van der Waals surface area contributed by atoms with Crippen molar-refractivity contribution in [2.45, 2.75) is 0 Å². The van der Waals surface area contributed by atoms with Crippen molar-refractivity contribution in [1.82, 2.24) is 10.3 Å². The highest BCUT2D eigenvalue weighted by Crippen LogP contribution is 2.14. The fraction of sp³-hybridized carbons (Fsp3) is 0. The lowest BCUT2D eigenvalue weighted by atomic mass is 10.3. The minimum absolute atomic E-state index is 0.245. The number of hydrogen-bond acceptors (Lipinski definition) is 4. The van der Waals surface area contributed by atoms with Gasteiger partial charge in [-0.25, -0.2) is 4.99 Å². The maximum Gasteiger partial charge on any atom is 0.275 e. The van der Waals surface area contributed by atoms with Crippen molar-refractivity contribution in [3.05, 3.63) is 59.9 Å². The first-order chi connectivity index (χ1) is 8.83. The zero-order valence-electron chi connectivity index (χ0n) is 9.33. The van der Waals surface area contributed by atoms with Crippen LogP contribution in [0.4, 0.5) is 0 Å². The van der Waals surface area contributed by atoms with Crippen molar-refractivity contribution < 1.29 is 9.21 Å². The van der Waals surface area contributed by atoms with Crippen molar-refractivity contribution in [3.63, 3.8) is 0 Å². The summed E-state index contributed by atoms with van der Waals surface area (Å²) in [6.45, 7) is 0. The molecule has 0 aromatic carbocycles. The molecular formula is C13H9N3O2. The van der Waals surface area contributed by atoms with Crippen LogP contribution in [0.3, 0.4) is 0 Å². The SMILES string of the molecule is O=C1NC(c2cccnc2)=N/C1=C/c1ccco1. The van der Waals surface area contributed by atoms with Gasteiger partial charge in [-0.3, -0.25) is 9.78 Å². The Labute approximate surface area is 103 Å². The van der Waals surface area contributed by atoms with Gasteiger partial charge < -0.3 is 9.73 Å². The van der Waals surface area contributed by atoms with E-state index in [1.165, 1.54) is 0 Å². The Kier molecular flexibility index (Phi) is 2.49. The summed E-state index contributed by atoms with van der Waals surface area (Å²) in [5.41, 5.74) is 1.09. The summed E-state index contributed by atoms with van der Waals surface area (Å²) < 4.78 is 5.15. The molecule has 0 saturated carbocycles. The van der Waals surface area contributed by atoms with Crippen LogP contribution in [0.15, 0.2) is 58.0 Å². The number of aliphatic imine (C=N–C) groups is 1. The molecule has 0 fully saturated rings.